The minimum Gasteiger partial charge on any atom is -0.381 e. The number of ether oxygens (including phenoxy) is 1. The van der Waals surface area contributed by atoms with E-state index in [0.29, 0.717) is 0 Å². The van der Waals surface area contributed by atoms with E-state index in [0.717, 1.165) is 19.0 Å². The number of hydrogen-bond donors (Lipinski definition) is 0. The molecule has 0 aliphatic carbocycles. The second-order valence-electron chi connectivity index (χ2n) is 1.01. The summed E-state index contributed by atoms with van der Waals surface area (Å²) in [5.41, 5.74) is 0. The highest BCUT2D eigenvalue weighted by Crippen LogP contribution is 2.08. The van der Waals surface area contributed by atoms with Gasteiger partial charge in [-0.05, 0) is 28.1 Å². The molecular formula is C4H9IOS. The van der Waals surface area contributed by atoms with Gasteiger partial charge in [0.15, 0.2) is 0 Å². The van der Waals surface area contributed by atoms with Gasteiger partial charge < -0.3 is 4.74 Å². The Balaban J connectivity index is 2.45. The molecule has 0 radical (unpaired) electrons. The molecule has 0 saturated carbocycles. The molecule has 3 heteroatoms. The second kappa shape index (κ2) is 7.04. The SMILES string of the molecule is CCOCCSI. The fraction of sp³-hybridized carbons (Fsp3) is 1.00. The molecule has 0 N–H and O–H groups in total. The van der Waals surface area contributed by atoms with Gasteiger partial charge in [0.1, 0.15) is 0 Å². The molecule has 0 unspecified atom stereocenters. The maximum absolute atomic E-state index is 5.05. The highest BCUT2D eigenvalue weighted by molar-refractivity contribution is 14.2. The van der Waals surface area contributed by atoms with E-state index < -0.39 is 0 Å². The van der Waals surface area contributed by atoms with E-state index in [1.165, 1.54) is 0 Å². The van der Waals surface area contributed by atoms with Gasteiger partial charge in [0.2, 0.25) is 0 Å². The van der Waals surface area contributed by atoms with Crippen molar-refractivity contribution in [3.8, 4) is 0 Å². The minimum atomic E-state index is 0.844. The van der Waals surface area contributed by atoms with E-state index in [1.54, 1.807) is 8.93 Å². The standard InChI is InChI=1S/C4H9IOS/c1-2-6-3-4-7-5/h2-4H2,1H3. The van der Waals surface area contributed by atoms with Crippen LogP contribution in [0.5, 0.6) is 0 Å². The third-order valence-electron chi connectivity index (χ3n) is 0.509. The van der Waals surface area contributed by atoms with Crippen molar-refractivity contribution in [2.24, 2.45) is 0 Å². The summed E-state index contributed by atoms with van der Waals surface area (Å²) in [6, 6.07) is 0. The lowest BCUT2D eigenvalue weighted by Crippen LogP contribution is -1.93. The molecule has 0 saturated heterocycles. The third-order valence-corrected chi connectivity index (χ3v) is 2.15. The number of rotatable bonds is 4. The van der Waals surface area contributed by atoms with Gasteiger partial charge in [-0.25, -0.2) is 0 Å². The summed E-state index contributed by atoms with van der Waals surface area (Å²) in [5.74, 6) is 1.11. The molecule has 0 aliphatic heterocycles. The van der Waals surface area contributed by atoms with Crippen LogP contribution in [0.1, 0.15) is 6.92 Å². The zero-order chi connectivity index (χ0) is 5.54. The van der Waals surface area contributed by atoms with Crippen LogP contribution in [0.2, 0.25) is 0 Å². The molecule has 0 heterocycles. The van der Waals surface area contributed by atoms with Crippen LogP contribution in [0.25, 0.3) is 0 Å². The Bertz CT molecular complexity index is 30.9. The summed E-state index contributed by atoms with van der Waals surface area (Å²) < 4.78 is 5.05. The Morgan fingerprint density at radius 2 is 2.43 bits per heavy atom. The van der Waals surface area contributed by atoms with Crippen LogP contribution in [-0.2, 0) is 4.74 Å². The molecule has 7 heavy (non-hydrogen) atoms. The van der Waals surface area contributed by atoms with Crippen molar-refractivity contribution in [3.05, 3.63) is 0 Å². The fourth-order valence-corrected chi connectivity index (χ4v) is 0.955. The van der Waals surface area contributed by atoms with Gasteiger partial charge in [-0.2, -0.15) is 0 Å². The zero-order valence-corrected chi connectivity index (χ0v) is 7.29. The predicted octanol–water partition coefficient (Wildman–Crippen LogP) is 2.11. The van der Waals surface area contributed by atoms with Gasteiger partial charge in [0.25, 0.3) is 0 Å². The van der Waals surface area contributed by atoms with Gasteiger partial charge in [-0.1, -0.05) is 8.93 Å². The lowest BCUT2D eigenvalue weighted by molar-refractivity contribution is 0.165. The minimum absolute atomic E-state index is 0.844. The van der Waals surface area contributed by atoms with Crippen molar-refractivity contribution in [1.29, 1.82) is 0 Å². The average molecular weight is 232 g/mol. The van der Waals surface area contributed by atoms with Gasteiger partial charge in [-0.3, -0.25) is 0 Å². The highest BCUT2D eigenvalue weighted by atomic mass is 127. The summed E-state index contributed by atoms with van der Waals surface area (Å²) in [6.45, 7) is 3.75. The normalized spacial score (nSPS) is 9.43. The summed E-state index contributed by atoms with van der Waals surface area (Å²) >= 11 is 2.26. The molecule has 0 aromatic heterocycles. The first kappa shape index (κ1) is 8.04. The largest absolute Gasteiger partial charge is 0.381 e. The fourth-order valence-electron chi connectivity index (χ4n) is 0.235. The van der Waals surface area contributed by atoms with Crippen molar-refractivity contribution in [2.75, 3.05) is 19.0 Å². The molecule has 0 amide bonds. The predicted molar refractivity (Wildman–Crippen MR) is 43.0 cm³/mol. The number of hydrogen-bond acceptors (Lipinski definition) is 2. The lowest BCUT2D eigenvalue weighted by atomic mass is 10.8. The first-order valence-corrected chi connectivity index (χ1v) is 5.76. The molecule has 0 rings (SSSR count). The molecule has 0 aromatic carbocycles. The molecule has 0 fully saturated rings. The van der Waals surface area contributed by atoms with Crippen LogP contribution in [0.15, 0.2) is 0 Å². The Morgan fingerprint density at radius 3 is 2.86 bits per heavy atom. The summed E-state index contributed by atoms with van der Waals surface area (Å²) in [4.78, 5) is 0. The smallest absolute Gasteiger partial charge is 0.0564 e. The molecule has 0 atom stereocenters. The van der Waals surface area contributed by atoms with Crippen molar-refractivity contribution in [1.82, 2.24) is 0 Å². The lowest BCUT2D eigenvalue weighted by Gasteiger charge is -1.93. The van der Waals surface area contributed by atoms with E-state index in [4.69, 9.17) is 4.74 Å². The van der Waals surface area contributed by atoms with Crippen molar-refractivity contribution < 1.29 is 4.74 Å². The Kier molecular flexibility index (Phi) is 8.09. The number of halogens is 1. The highest BCUT2D eigenvalue weighted by Gasteiger charge is 1.80. The Morgan fingerprint density at radius 1 is 1.71 bits per heavy atom. The van der Waals surface area contributed by atoms with E-state index in [2.05, 4.69) is 21.2 Å². The third kappa shape index (κ3) is 7.04. The van der Waals surface area contributed by atoms with E-state index in [1.807, 2.05) is 6.92 Å². The zero-order valence-electron chi connectivity index (χ0n) is 4.32. The van der Waals surface area contributed by atoms with Crippen LogP contribution < -0.4 is 0 Å². The molecule has 0 bridgehead atoms. The summed E-state index contributed by atoms with van der Waals surface area (Å²) in [6.07, 6.45) is 0. The van der Waals surface area contributed by atoms with Crippen LogP contribution in [0.3, 0.4) is 0 Å². The topological polar surface area (TPSA) is 9.23 Å². The quantitative estimate of drug-likeness (QED) is 0.542. The Labute approximate surface area is 60.8 Å². The molecule has 1 nitrogen and oxygen atoms in total. The van der Waals surface area contributed by atoms with Gasteiger partial charge in [0.05, 0.1) is 6.61 Å². The van der Waals surface area contributed by atoms with Crippen molar-refractivity contribution in [2.45, 2.75) is 6.92 Å². The van der Waals surface area contributed by atoms with E-state index in [9.17, 15) is 0 Å². The van der Waals surface area contributed by atoms with Crippen LogP contribution in [0.4, 0.5) is 0 Å². The molecule has 44 valence electrons. The van der Waals surface area contributed by atoms with Crippen LogP contribution in [0, 0.1) is 0 Å². The molecular weight excluding hydrogens is 223 g/mol. The molecule has 0 aliphatic rings. The van der Waals surface area contributed by atoms with Gasteiger partial charge in [-0.15, -0.1) is 0 Å². The average Bonchev–Trinajstić information content (AvgIpc) is 1.69. The molecule has 0 aromatic rings. The molecule has 0 spiro atoms. The maximum atomic E-state index is 5.05. The van der Waals surface area contributed by atoms with Crippen molar-refractivity contribution >= 4 is 30.1 Å². The Hall–Kier alpha value is 1.04. The van der Waals surface area contributed by atoms with Crippen LogP contribution in [-0.4, -0.2) is 19.0 Å². The summed E-state index contributed by atoms with van der Waals surface area (Å²) in [7, 11) is 1.79. The van der Waals surface area contributed by atoms with Crippen molar-refractivity contribution in [3.63, 3.8) is 0 Å². The van der Waals surface area contributed by atoms with Gasteiger partial charge >= 0.3 is 0 Å². The second-order valence-corrected chi connectivity index (χ2v) is 3.51. The van der Waals surface area contributed by atoms with Gasteiger partial charge in [0, 0.05) is 12.4 Å². The first-order chi connectivity index (χ1) is 3.41. The van der Waals surface area contributed by atoms with Crippen LogP contribution >= 0.6 is 30.1 Å². The van der Waals surface area contributed by atoms with E-state index in [-0.39, 0.29) is 0 Å². The van der Waals surface area contributed by atoms with E-state index >= 15 is 0 Å². The monoisotopic (exact) mass is 232 g/mol. The maximum Gasteiger partial charge on any atom is 0.0564 e. The first-order valence-electron chi connectivity index (χ1n) is 2.23. The summed E-state index contributed by atoms with van der Waals surface area (Å²) in [5, 5.41) is 0.